The van der Waals surface area contributed by atoms with Crippen LogP contribution in [0, 0.1) is 13.8 Å². The SMILES string of the molecule is CCOC(=O)c1ccc(N(CN2CCCC2=O)C(=O)c2ccc(C)c(C)c2)cc1. The minimum Gasteiger partial charge on any atom is -0.462 e. The second-order valence-corrected chi connectivity index (χ2v) is 7.20. The quantitative estimate of drug-likeness (QED) is 0.701. The van der Waals surface area contributed by atoms with Gasteiger partial charge in [-0.05, 0) is 74.7 Å². The van der Waals surface area contributed by atoms with Gasteiger partial charge in [-0.25, -0.2) is 4.79 Å². The highest BCUT2D eigenvalue weighted by Gasteiger charge is 2.26. The molecular weight excluding hydrogens is 368 g/mol. The number of rotatable bonds is 6. The average molecular weight is 394 g/mol. The fourth-order valence-corrected chi connectivity index (χ4v) is 3.31. The van der Waals surface area contributed by atoms with Gasteiger partial charge in [-0.3, -0.25) is 14.5 Å². The second-order valence-electron chi connectivity index (χ2n) is 7.20. The monoisotopic (exact) mass is 394 g/mol. The van der Waals surface area contributed by atoms with Crippen molar-refractivity contribution in [1.29, 1.82) is 0 Å². The first-order valence-electron chi connectivity index (χ1n) is 9.84. The molecule has 0 unspecified atom stereocenters. The normalized spacial score (nSPS) is 13.5. The van der Waals surface area contributed by atoms with E-state index >= 15 is 0 Å². The highest BCUT2D eigenvalue weighted by atomic mass is 16.5. The number of benzene rings is 2. The summed E-state index contributed by atoms with van der Waals surface area (Å²) in [5.41, 5.74) is 3.76. The summed E-state index contributed by atoms with van der Waals surface area (Å²) in [4.78, 5) is 40.7. The standard InChI is InChI=1S/C23H26N2O4/c1-4-29-23(28)18-9-11-20(12-10-18)25(15-24-13-5-6-21(24)26)22(27)19-8-7-16(2)17(3)14-19/h7-12,14H,4-6,13,15H2,1-3H3. The third-order valence-electron chi connectivity index (χ3n) is 5.17. The molecule has 0 bridgehead atoms. The van der Waals surface area contributed by atoms with E-state index in [1.807, 2.05) is 26.0 Å². The van der Waals surface area contributed by atoms with E-state index in [0.717, 1.165) is 17.5 Å². The van der Waals surface area contributed by atoms with Crippen LogP contribution in [0.2, 0.25) is 0 Å². The number of carbonyl (C=O) groups excluding carboxylic acids is 3. The Kier molecular flexibility index (Phi) is 6.32. The molecule has 0 aromatic heterocycles. The molecule has 0 atom stereocenters. The molecule has 0 spiro atoms. The molecule has 0 aliphatic carbocycles. The van der Waals surface area contributed by atoms with Crippen LogP contribution in [0.5, 0.6) is 0 Å². The Bertz CT molecular complexity index is 921. The van der Waals surface area contributed by atoms with E-state index in [1.165, 1.54) is 0 Å². The Balaban J connectivity index is 1.91. The number of nitrogens with zero attached hydrogens (tertiary/aromatic N) is 2. The van der Waals surface area contributed by atoms with Gasteiger partial charge in [0.25, 0.3) is 5.91 Å². The van der Waals surface area contributed by atoms with Crippen molar-refractivity contribution in [3.05, 3.63) is 64.7 Å². The molecule has 1 heterocycles. The van der Waals surface area contributed by atoms with Gasteiger partial charge in [0.05, 0.1) is 12.2 Å². The van der Waals surface area contributed by atoms with Gasteiger partial charge in [0.1, 0.15) is 6.67 Å². The van der Waals surface area contributed by atoms with Gasteiger partial charge in [-0.2, -0.15) is 0 Å². The smallest absolute Gasteiger partial charge is 0.338 e. The topological polar surface area (TPSA) is 66.9 Å². The minimum absolute atomic E-state index is 0.0473. The minimum atomic E-state index is -0.402. The van der Waals surface area contributed by atoms with Gasteiger partial charge in [0.15, 0.2) is 0 Å². The summed E-state index contributed by atoms with van der Waals surface area (Å²) in [7, 11) is 0. The lowest BCUT2D eigenvalue weighted by Gasteiger charge is -2.28. The maximum Gasteiger partial charge on any atom is 0.338 e. The number of likely N-dealkylation sites (tertiary alicyclic amines) is 1. The Morgan fingerprint density at radius 1 is 1.03 bits per heavy atom. The Hall–Kier alpha value is -3.15. The van der Waals surface area contributed by atoms with E-state index in [1.54, 1.807) is 47.1 Å². The molecule has 3 rings (SSSR count). The first-order valence-corrected chi connectivity index (χ1v) is 9.84. The maximum absolute atomic E-state index is 13.3. The van der Waals surface area contributed by atoms with E-state index in [4.69, 9.17) is 4.74 Å². The number of carbonyl (C=O) groups is 3. The lowest BCUT2D eigenvalue weighted by atomic mass is 10.1. The van der Waals surface area contributed by atoms with Crippen LogP contribution in [0.3, 0.4) is 0 Å². The number of esters is 1. The summed E-state index contributed by atoms with van der Waals surface area (Å²) in [6.45, 7) is 6.84. The van der Waals surface area contributed by atoms with Crippen LogP contribution < -0.4 is 4.90 Å². The molecule has 2 aromatic carbocycles. The highest BCUT2D eigenvalue weighted by Crippen LogP contribution is 2.22. The Morgan fingerprint density at radius 3 is 2.31 bits per heavy atom. The van der Waals surface area contributed by atoms with Crippen molar-refractivity contribution in [1.82, 2.24) is 4.90 Å². The number of amides is 2. The fourth-order valence-electron chi connectivity index (χ4n) is 3.31. The zero-order valence-electron chi connectivity index (χ0n) is 17.1. The van der Waals surface area contributed by atoms with Crippen molar-refractivity contribution < 1.29 is 19.1 Å². The zero-order chi connectivity index (χ0) is 21.0. The molecule has 152 valence electrons. The van der Waals surface area contributed by atoms with Crippen molar-refractivity contribution in [3.63, 3.8) is 0 Å². The van der Waals surface area contributed by atoms with Crippen LogP contribution in [0.4, 0.5) is 5.69 Å². The van der Waals surface area contributed by atoms with Crippen molar-refractivity contribution in [2.45, 2.75) is 33.6 Å². The van der Waals surface area contributed by atoms with E-state index in [0.29, 0.717) is 36.4 Å². The first kappa shape index (κ1) is 20.6. The molecule has 1 saturated heterocycles. The summed E-state index contributed by atoms with van der Waals surface area (Å²) in [6.07, 6.45) is 1.31. The molecule has 1 aliphatic rings. The third kappa shape index (κ3) is 4.65. The number of hydrogen-bond donors (Lipinski definition) is 0. The van der Waals surface area contributed by atoms with E-state index in [9.17, 15) is 14.4 Å². The number of hydrogen-bond acceptors (Lipinski definition) is 4. The molecule has 2 amide bonds. The van der Waals surface area contributed by atoms with Gasteiger partial charge in [0.2, 0.25) is 5.91 Å². The predicted molar refractivity (Wildman–Crippen MR) is 111 cm³/mol. The predicted octanol–water partition coefficient (Wildman–Crippen LogP) is 3.71. The van der Waals surface area contributed by atoms with Gasteiger partial charge in [0, 0.05) is 24.2 Å². The summed E-state index contributed by atoms with van der Waals surface area (Å²) in [5, 5.41) is 0. The average Bonchev–Trinajstić information content (AvgIpc) is 3.12. The molecule has 0 saturated carbocycles. The number of aryl methyl sites for hydroxylation is 2. The summed E-state index contributed by atoms with van der Waals surface area (Å²) in [5.74, 6) is -0.538. The van der Waals surface area contributed by atoms with Crippen LogP contribution in [-0.4, -0.2) is 42.5 Å². The van der Waals surface area contributed by atoms with Crippen LogP contribution in [0.25, 0.3) is 0 Å². The second kappa shape index (κ2) is 8.90. The molecule has 6 heteroatoms. The van der Waals surface area contributed by atoms with Crippen LogP contribution in [0.1, 0.15) is 51.6 Å². The Labute approximate surface area is 171 Å². The largest absolute Gasteiger partial charge is 0.462 e. The molecule has 0 N–H and O–H groups in total. The third-order valence-corrected chi connectivity index (χ3v) is 5.17. The zero-order valence-corrected chi connectivity index (χ0v) is 17.1. The molecule has 1 fully saturated rings. The molecular formula is C23H26N2O4. The number of ether oxygens (including phenoxy) is 1. The van der Waals surface area contributed by atoms with Gasteiger partial charge >= 0.3 is 5.97 Å². The van der Waals surface area contributed by atoms with Crippen LogP contribution in [-0.2, 0) is 9.53 Å². The van der Waals surface area contributed by atoms with Crippen molar-refractivity contribution in [2.24, 2.45) is 0 Å². The molecule has 2 aromatic rings. The molecule has 29 heavy (non-hydrogen) atoms. The lowest BCUT2D eigenvalue weighted by molar-refractivity contribution is -0.127. The van der Waals surface area contributed by atoms with Crippen molar-refractivity contribution in [3.8, 4) is 0 Å². The Morgan fingerprint density at radius 2 is 1.72 bits per heavy atom. The summed E-state index contributed by atoms with van der Waals surface area (Å²) in [6, 6.07) is 12.3. The fraction of sp³-hybridized carbons (Fsp3) is 0.348. The molecule has 6 nitrogen and oxygen atoms in total. The van der Waals surface area contributed by atoms with Crippen LogP contribution >= 0.6 is 0 Å². The van der Waals surface area contributed by atoms with E-state index in [-0.39, 0.29) is 18.5 Å². The molecule has 1 aliphatic heterocycles. The van der Waals surface area contributed by atoms with Crippen molar-refractivity contribution in [2.75, 3.05) is 24.7 Å². The summed E-state index contributed by atoms with van der Waals surface area (Å²) >= 11 is 0. The lowest BCUT2D eigenvalue weighted by Crippen LogP contribution is -2.42. The van der Waals surface area contributed by atoms with Gasteiger partial charge in [-0.1, -0.05) is 6.07 Å². The van der Waals surface area contributed by atoms with Crippen molar-refractivity contribution >= 4 is 23.5 Å². The van der Waals surface area contributed by atoms with E-state index < -0.39 is 5.97 Å². The maximum atomic E-state index is 13.3. The first-order chi connectivity index (χ1) is 13.9. The summed E-state index contributed by atoms with van der Waals surface area (Å²) < 4.78 is 5.02. The van der Waals surface area contributed by atoms with Crippen LogP contribution in [0.15, 0.2) is 42.5 Å². The number of anilines is 1. The van der Waals surface area contributed by atoms with E-state index in [2.05, 4.69) is 0 Å². The molecule has 0 radical (unpaired) electrons. The van der Waals surface area contributed by atoms with Gasteiger partial charge < -0.3 is 9.64 Å². The highest BCUT2D eigenvalue weighted by molar-refractivity contribution is 6.06. The van der Waals surface area contributed by atoms with Gasteiger partial charge in [-0.15, -0.1) is 0 Å².